The van der Waals surface area contributed by atoms with Crippen molar-refractivity contribution in [2.45, 2.75) is 20.8 Å². The molecule has 0 unspecified atom stereocenters. The van der Waals surface area contributed by atoms with Crippen LogP contribution in [0.25, 0.3) is 16.8 Å². The first-order chi connectivity index (χ1) is 9.63. The maximum absolute atomic E-state index is 4.51. The Bertz CT molecular complexity index is 754. The summed E-state index contributed by atoms with van der Waals surface area (Å²) in [6, 6.07) is 14.9. The molecule has 20 heavy (non-hydrogen) atoms. The average molecular weight is 262 g/mol. The summed E-state index contributed by atoms with van der Waals surface area (Å²) in [5.41, 5.74) is 7.25. The van der Waals surface area contributed by atoms with E-state index in [4.69, 9.17) is 0 Å². The van der Waals surface area contributed by atoms with Gasteiger partial charge in [0, 0.05) is 11.8 Å². The molecule has 3 rings (SSSR count). The lowest BCUT2D eigenvalue weighted by Crippen LogP contribution is -1.97. The third-order valence-corrected chi connectivity index (χ3v) is 3.55. The van der Waals surface area contributed by atoms with Crippen LogP contribution in [0.5, 0.6) is 0 Å². The van der Waals surface area contributed by atoms with Crippen LogP contribution in [0.1, 0.15) is 16.7 Å². The molecule has 0 fully saturated rings. The highest BCUT2D eigenvalue weighted by Crippen LogP contribution is 2.22. The molecule has 0 radical (unpaired) electrons. The quantitative estimate of drug-likeness (QED) is 0.666. The number of aromatic nitrogens is 2. The highest BCUT2D eigenvalue weighted by molar-refractivity contribution is 5.63. The minimum absolute atomic E-state index is 1.14. The van der Waals surface area contributed by atoms with Gasteiger partial charge in [-0.1, -0.05) is 42.0 Å². The molecule has 2 nitrogen and oxygen atoms in total. The summed E-state index contributed by atoms with van der Waals surface area (Å²) < 4.78 is 1.96. The number of benzene rings is 2. The number of nitrogens with zero attached hydrogens (tertiary/aromatic N) is 2. The zero-order valence-corrected chi connectivity index (χ0v) is 12.1. The van der Waals surface area contributed by atoms with Crippen molar-refractivity contribution in [1.82, 2.24) is 9.78 Å². The van der Waals surface area contributed by atoms with Crippen LogP contribution in [-0.2, 0) is 0 Å². The first-order valence-electron chi connectivity index (χ1n) is 6.83. The standard InChI is InChI=1S/C18H18N2/c1-13-5-4-6-16(9-13)17-11-19-20(12-17)18-10-14(2)7-8-15(18)3/h4-12H,1-3H3. The minimum atomic E-state index is 1.14. The Morgan fingerprint density at radius 2 is 1.65 bits per heavy atom. The van der Waals surface area contributed by atoms with Gasteiger partial charge >= 0.3 is 0 Å². The molecule has 1 aromatic heterocycles. The molecule has 1 heterocycles. The Balaban J connectivity index is 2.04. The van der Waals surface area contributed by atoms with Crippen LogP contribution in [0, 0.1) is 20.8 Å². The second kappa shape index (κ2) is 4.97. The summed E-state index contributed by atoms with van der Waals surface area (Å²) >= 11 is 0. The summed E-state index contributed by atoms with van der Waals surface area (Å²) in [5, 5.41) is 4.51. The Morgan fingerprint density at radius 3 is 2.45 bits per heavy atom. The van der Waals surface area contributed by atoms with Crippen molar-refractivity contribution in [3.8, 4) is 16.8 Å². The molecule has 0 saturated heterocycles. The molecule has 0 atom stereocenters. The summed E-state index contributed by atoms with van der Waals surface area (Å²) in [4.78, 5) is 0. The van der Waals surface area contributed by atoms with E-state index in [2.05, 4.69) is 74.5 Å². The van der Waals surface area contributed by atoms with Crippen molar-refractivity contribution in [2.75, 3.05) is 0 Å². The van der Waals surface area contributed by atoms with Gasteiger partial charge in [0.05, 0.1) is 11.9 Å². The third kappa shape index (κ3) is 2.37. The van der Waals surface area contributed by atoms with Crippen LogP contribution in [-0.4, -0.2) is 9.78 Å². The van der Waals surface area contributed by atoms with Gasteiger partial charge in [0.15, 0.2) is 0 Å². The van der Waals surface area contributed by atoms with Crippen molar-refractivity contribution in [1.29, 1.82) is 0 Å². The highest BCUT2D eigenvalue weighted by atomic mass is 15.3. The van der Waals surface area contributed by atoms with Crippen molar-refractivity contribution >= 4 is 0 Å². The molecule has 0 aliphatic carbocycles. The molecule has 2 heteroatoms. The van der Waals surface area contributed by atoms with Gasteiger partial charge < -0.3 is 0 Å². The van der Waals surface area contributed by atoms with Gasteiger partial charge in [-0.2, -0.15) is 5.10 Å². The van der Waals surface area contributed by atoms with Crippen LogP contribution < -0.4 is 0 Å². The normalized spacial score (nSPS) is 10.8. The second-order valence-electron chi connectivity index (χ2n) is 5.33. The fourth-order valence-electron chi connectivity index (χ4n) is 2.39. The van der Waals surface area contributed by atoms with Gasteiger partial charge in [0.1, 0.15) is 0 Å². The molecule has 0 amide bonds. The fraction of sp³-hybridized carbons (Fsp3) is 0.167. The van der Waals surface area contributed by atoms with Crippen molar-refractivity contribution in [3.05, 3.63) is 71.5 Å². The van der Waals surface area contributed by atoms with E-state index in [1.807, 2.05) is 10.9 Å². The number of hydrogen-bond acceptors (Lipinski definition) is 1. The van der Waals surface area contributed by atoms with Gasteiger partial charge in [-0.15, -0.1) is 0 Å². The lowest BCUT2D eigenvalue weighted by molar-refractivity contribution is 0.871. The smallest absolute Gasteiger partial charge is 0.0677 e. The van der Waals surface area contributed by atoms with Crippen LogP contribution in [0.4, 0.5) is 0 Å². The Hall–Kier alpha value is -2.35. The molecular formula is C18H18N2. The van der Waals surface area contributed by atoms with E-state index in [1.54, 1.807) is 0 Å². The maximum atomic E-state index is 4.51. The lowest BCUT2D eigenvalue weighted by atomic mass is 10.1. The largest absolute Gasteiger partial charge is 0.240 e. The Morgan fingerprint density at radius 1 is 0.850 bits per heavy atom. The van der Waals surface area contributed by atoms with Crippen molar-refractivity contribution < 1.29 is 0 Å². The van der Waals surface area contributed by atoms with E-state index < -0.39 is 0 Å². The maximum Gasteiger partial charge on any atom is 0.0677 e. The molecular weight excluding hydrogens is 244 g/mol. The zero-order valence-electron chi connectivity index (χ0n) is 12.1. The molecule has 0 N–H and O–H groups in total. The van der Waals surface area contributed by atoms with Crippen molar-refractivity contribution in [2.24, 2.45) is 0 Å². The van der Waals surface area contributed by atoms with Gasteiger partial charge in [0.2, 0.25) is 0 Å². The first-order valence-corrected chi connectivity index (χ1v) is 6.83. The monoisotopic (exact) mass is 262 g/mol. The van der Waals surface area contributed by atoms with E-state index >= 15 is 0 Å². The summed E-state index contributed by atoms with van der Waals surface area (Å²) in [5.74, 6) is 0. The average Bonchev–Trinajstić information content (AvgIpc) is 2.91. The van der Waals surface area contributed by atoms with Crippen LogP contribution in [0.15, 0.2) is 54.9 Å². The third-order valence-electron chi connectivity index (χ3n) is 3.55. The molecule has 2 aromatic carbocycles. The SMILES string of the molecule is Cc1cccc(-c2cnn(-c3cc(C)ccc3C)c2)c1. The second-order valence-corrected chi connectivity index (χ2v) is 5.33. The van der Waals surface area contributed by atoms with E-state index in [0.717, 1.165) is 11.3 Å². The van der Waals surface area contributed by atoms with Crippen LogP contribution in [0.2, 0.25) is 0 Å². The molecule has 0 aliphatic heterocycles. The Labute approximate surface area is 119 Å². The van der Waals surface area contributed by atoms with Gasteiger partial charge in [-0.05, 0) is 43.5 Å². The van der Waals surface area contributed by atoms with Crippen molar-refractivity contribution in [3.63, 3.8) is 0 Å². The van der Waals surface area contributed by atoms with E-state index in [1.165, 1.54) is 22.3 Å². The Kier molecular flexibility index (Phi) is 3.15. The lowest BCUT2D eigenvalue weighted by Gasteiger charge is -2.06. The molecule has 3 aromatic rings. The first kappa shape index (κ1) is 12.7. The highest BCUT2D eigenvalue weighted by Gasteiger charge is 2.06. The topological polar surface area (TPSA) is 17.8 Å². The minimum Gasteiger partial charge on any atom is -0.240 e. The number of rotatable bonds is 2. The van der Waals surface area contributed by atoms with Gasteiger partial charge in [-0.25, -0.2) is 4.68 Å². The predicted octanol–water partition coefficient (Wildman–Crippen LogP) is 4.46. The van der Waals surface area contributed by atoms with Gasteiger partial charge in [-0.3, -0.25) is 0 Å². The predicted molar refractivity (Wildman–Crippen MR) is 83.2 cm³/mol. The number of hydrogen-bond donors (Lipinski definition) is 0. The number of aryl methyl sites for hydroxylation is 3. The van der Waals surface area contributed by atoms with Gasteiger partial charge in [0.25, 0.3) is 0 Å². The van der Waals surface area contributed by atoms with Crippen LogP contribution in [0.3, 0.4) is 0 Å². The summed E-state index contributed by atoms with van der Waals surface area (Å²) in [7, 11) is 0. The molecule has 0 spiro atoms. The fourth-order valence-corrected chi connectivity index (χ4v) is 2.39. The summed E-state index contributed by atoms with van der Waals surface area (Å²) in [6.07, 6.45) is 4.02. The van der Waals surface area contributed by atoms with E-state index in [9.17, 15) is 0 Å². The molecule has 0 aliphatic rings. The molecule has 100 valence electrons. The van der Waals surface area contributed by atoms with E-state index in [-0.39, 0.29) is 0 Å². The summed E-state index contributed by atoms with van der Waals surface area (Å²) in [6.45, 7) is 6.33. The molecule has 0 bridgehead atoms. The van der Waals surface area contributed by atoms with E-state index in [0.29, 0.717) is 0 Å². The van der Waals surface area contributed by atoms with Crippen LogP contribution >= 0.6 is 0 Å². The molecule has 0 saturated carbocycles. The zero-order chi connectivity index (χ0) is 14.1.